The number of aryl methyl sites for hydroxylation is 1. The third-order valence-corrected chi connectivity index (χ3v) is 6.26. The maximum atomic E-state index is 14.2. The van der Waals surface area contributed by atoms with E-state index in [9.17, 15) is 14.8 Å². The van der Waals surface area contributed by atoms with Gasteiger partial charge in [-0.25, -0.2) is 4.39 Å². The molecule has 164 valence electrons. The monoisotopic (exact) mass is 438 g/mol. The van der Waals surface area contributed by atoms with Crippen LogP contribution in [0.25, 0.3) is 22.0 Å². The maximum Gasteiger partial charge on any atom is 0.126 e. The lowest BCUT2D eigenvalue weighted by molar-refractivity contribution is 0.0783. The van der Waals surface area contributed by atoms with Gasteiger partial charge in [-0.3, -0.25) is 9.97 Å². The van der Waals surface area contributed by atoms with Crippen molar-refractivity contribution in [2.45, 2.75) is 32.8 Å². The molecule has 2 aromatic carbocycles. The Hall–Kier alpha value is -3.82. The minimum Gasteiger partial charge on any atom is -0.386 e. The van der Waals surface area contributed by atoms with Crippen LogP contribution in [0.15, 0.2) is 55.0 Å². The first-order valence-electron chi connectivity index (χ1n) is 10.8. The van der Waals surface area contributed by atoms with Crippen LogP contribution < -0.4 is 4.90 Å². The summed E-state index contributed by atoms with van der Waals surface area (Å²) in [6, 6.07) is 13.6. The summed E-state index contributed by atoms with van der Waals surface area (Å²) < 4.78 is 14.2. The molecule has 3 heterocycles. The molecule has 0 fully saturated rings. The molecule has 0 saturated heterocycles. The highest BCUT2D eigenvalue weighted by molar-refractivity contribution is 5.99. The molecular weight excluding hydrogens is 415 g/mol. The van der Waals surface area contributed by atoms with Gasteiger partial charge in [0.2, 0.25) is 0 Å². The van der Waals surface area contributed by atoms with E-state index in [1.54, 1.807) is 45.4 Å². The van der Waals surface area contributed by atoms with Crippen molar-refractivity contribution in [1.29, 1.82) is 5.26 Å². The quantitative estimate of drug-likeness (QED) is 0.455. The van der Waals surface area contributed by atoms with E-state index in [-0.39, 0.29) is 5.82 Å². The second-order valence-corrected chi connectivity index (χ2v) is 9.02. The lowest BCUT2D eigenvalue weighted by Crippen LogP contribution is -2.16. The molecule has 1 aliphatic rings. The van der Waals surface area contributed by atoms with Crippen LogP contribution in [0, 0.1) is 24.1 Å². The normalized spacial score (nSPS) is 13.3. The molecule has 1 aliphatic heterocycles. The number of aromatic nitrogens is 2. The molecule has 1 N–H and O–H groups in total. The van der Waals surface area contributed by atoms with Crippen LogP contribution in [0.3, 0.4) is 0 Å². The Kier molecular flexibility index (Phi) is 4.88. The molecule has 0 bridgehead atoms. The van der Waals surface area contributed by atoms with Gasteiger partial charge in [-0.15, -0.1) is 0 Å². The molecule has 0 aliphatic carbocycles. The molecule has 0 amide bonds. The summed E-state index contributed by atoms with van der Waals surface area (Å²) in [5.41, 5.74) is 5.94. The first-order valence-corrected chi connectivity index (χ1v) is 10.8. The number of hydrogen-bond donors (Lipinski definition) is 1. The highest BCUT2D eigenvalue weighted by Crippen LogP contribution is 2.41. The predicted molar refractivity (Wildman–Crippen MR) is 127 cm³/mol. The van der Waals surface area contributed by atoms with Crippen LogP contribution in [-0.4, -0.2) is 21.6 Å². The van der Waals surface area contributed by atoms with Gasteiger partial charge in [-0.2, -0.15) is 5.26 Å². The van der Waals surface area contributed by atoms with Crippen LogP contribution in [0.4, 0.5) is 15.8 Å². The zero-order chi connectivity index (χ0) is 23.3. The fourth-order valence-corrected chi connectivity index (χ4v) is 4.41. The van der Waals surface area contributed by atoms with Crippen molar-refractivity contribution < 1.29 is 9.50 Å². The molecule has 0 unspecified atom stereocenters. The average molecular weight is 439 g/mol. The third-order valence-electron chi connectivity index (χ3n) is 6.26. The van der Waals surface area contributed by atoms with Crippen LogP contribution in [-0.2, 0) is 12.0 Å². The minimum atomic E-state index is -1.01. The average Bonchev–Trinajstić information content (AvgIpc) is 3.19. The standard InChI is InChI=1S/C27H23FN4O/c1-16-8-25-18(11-23(16)28)6-7-32(25)26-20(12-29)14-31-24-5-4-17(10-22(24)26)19-9-21(15-30-13-19)27(2,3)33/h4-5,8-11,13-15,33H,6-7H2,1-3H3. The van der Waals surface area contributed by atoms with Gasteiger partial charge in [-0.1, -0.05) is 6.07 Å². The van der Waals surface area contributed by atoms with Crippen LogP contribution >= 0.6 is 0 Å². The van der Waals surface area contributed by atoms with Crippen molar-refractivity contribution in [3.8, 4) is 17.2 Å². The number of nitriles is 1. The highest BCUT2D eigenvalue weighted by atomic mass is 19.1. The van der Waals surface area contributed by atoms with E-state index in [1.165, 1.54) is 0 Å². The number of hydrogen-bond acceptors (Lipinski definition) is 5. The van der Waals surface area contributed by atoms with Crippen molar-refractivity contribution >= 4 is 22.3 Å². The van der Waals surface area contributed by atoms with E-state index >= 15 is 0 Å². The van der Waals surface area contributed by atoms with Gasteiger partial charge in [0.15, 0.2) is 0 Å². The molecule has 0 atom stereocenters. The van der Waals surface area contributed by atoms with Gasteiger partial charge < -0.3 is 10.0 Å². The molecule has 0 spiro atoms. The van der Waals surface area contributed by atoms with E-state index in [2.05, 4.69) is 20.9 Å². The zero-order valence-electron chi connectivity index (χ0n) is 18.7. The smallest absolute Gasteiger partial charge is 0.126 e. The summed E-state index contributed by atoms with van der Waals surface area (Å²) in [6.07, 6.45) is 5.73. The van der Waals surface area contributed by atoms with Crippen molar-refractivity contribution in [1.82, 2.24) is 9.97 Å². The SMILES string of the molecule is Cc1cc2c(cc1F)CCN2c1c(C#N)cnc2ccc(-c3cncc(C(C)(C)O)c3)cc12. The molecule has 2 aromatic heterocycles. The fraction of sp³-hybridized carbons (Fsp3) is 0.222. The molecule has 0 saturated carbocycles. The van der Waals surface area contributed by atoms with E-state index in [0.717, 1.165) is 44.5 Å². The lowest BCUT2D eigenvalue weighted by Gasteiger charge is -2.23. The molecule has 5 nitrogen and oxygen atoms in total. The number of aliphatic hydroxyl groups is 1. The maximum absolute atomic E-state index is 14.2. The van der Waals surface area contributed by atoms with Gasteiger partial charge in [0.05, 0.1) is 22.4 Å². The number of rotatable bonds is 3. The van der Waals surface area contributed by atoms with Gasteiger partial charge in [0.25, 0.3) is 0 Å². The van der Waals surface area contributed by atoms with Gasteiger partial charge in [0, 0.05) is 47.3 Å². The molecule has 33 heavy (non-hydrogen) atoms. The molecule has 5 rings (SSSR count). The van der Waals surface area contributed by atoms with E-state index < -0.39 is 5.60 Å². The van der Waals surface area contributed by atoms with Gasteiger partial charge in [0.1, 0.15) is 11.9 Å². The second-order valence-electron chi connectivity index (χ2n) is 9.02. The topological polar surface area (TPSA) is 73.0 Å². The zero-order valence-corrected chi connectivity index (χ0v) is 18.7. The summed E-state index contributed by atoms with van der Waals surface area (Å²) in [5.74, 6) is -0.211. The van der Waals surface area contributed by atoms with Crippen LogP contribution in [0.5, 0.6) is 0 Å². The van der Waals surface area contributed by atoms with E-state index in [1.807, 2.05) is 30.3 Å². The molecule has 0 radical (unpaired) electrons. The third kappa shape index (κ3) is 3.61. The Bertz CT molecular complexity index is 1450. The number of pyridine rings is 2. The Morgan fingerprint density at radius 2 is 1.91 bits per heavy atom. The summed E-state index contributed by atoms with van der Waals surface area (Å²) in [7, 11) is 0. The summed E-state index contributed by atoms with van der Waals surface area (Å²) >= 11 is 0. The van der Waals surface area contributed by atoms with Gasteiger partial charge >= 0.3 is 0 Å². The Labute approximate surface area is 191 Å². The predicted octanol–water partition coefficient (Wildman–Crippen LogP) is 5.54. The molecule has 6 heteroatoms. The Morgan fingerprint density at radius 3 is 2.67 bits per heavy atom. The lowest BCUT2D eigenvalue weighted by atomic mass is 9.96. The van der Waals surface area contributed by atoms with Crippen molar-refractivity contribution in [3.05, 3.63) is 83.1 Å². The summed E-state index contributed by atoms with van der Waals surface area (Å²) in [4.78, 5) is 10.9. The second kappa shape index (κ2) is 7.65. The Morgan fingerprint density at radius 1 is 1.09 bits per heavy atom. The van der Waals surface area contributed by atoms with Crippen molar-refractivity contribution in [3.63, 3.8) is 0 Å². The molecular formula is C27H23FN4O. The molecule has 4 aromatic rings. The van der Waals surface area contributed by atoms with Crippen molar-refractivity contribution in [2.75, 3.05) is 11.4 Å². The number of fused-ring (bicyclic) bond motifs is 2. The minimum absolute atomic E-state index is 0.211. The fourth-order valence-electron chi connectivity index (χ4n) is 4.41. The number of anilines is 2. The van der Waals surface area contributed by atoms with Crippen LogP contribution in [0.1, 0.15) is 36.1 Å². The van der Waals surface area contributed by atoms with E-state index in [4.69, 9.17) is 0 Å². The summed E-state index contributed by atoms with van der Waals surface area (Å²) in [6.45, 7) is 5.87. The van der Waals surface area contributed by atoms with E-state index in [0.29, 0.717) is 24.1 Å². The number of nitrogens with zero attached hydrogens (tertiary/aromatic N) is 4. The largest absolute Gasteiger partial charge is 0.386 e. The van der Waals surface area contributed by atoms with Crippen LogP contribution in [0.2, 0.25) is 0 Å². The Balaban J connectivity index is 1.71. The first-order chi connectivity index (χ1) is 15.8. The first kappa shape index (κ1) is 21.0. The number of halogens is 1. The highest BCUT2D eigenvalue weighted by Gasteiger charge is 2.26. The summed E-state index contributed by atoms with van der Waals surface area (Å²) in [5, 5.41) is 21.1. The number of benzene rings is 2. The van der Waals surface area contributed by atoms with Crippen molar-refractivity contribution in [2.24, 2.45) is 0 Å². The van der Waals surface area contributed by atoms with Gasteiger partial charge in [-0.05, 0) is 74.2 Å².